The van der Waals surface area contributed by atoms with Gasteiger partial charge >= 0.3 is 0 Å². The molecule has 0 aliphatic heterocycles. The van der Waals surface area contributed by atoms with Crippen LogP contribution in [-0.2, 0) is 0 Å². The summed E-state index contributed by atoms with van der Waals surface area (Å²) in [6.07, 6.45) is 2.50. The molecule has 0 bridgehead atoms. The quantitative estimate of drug-likeness (QED) is 0.796. The molecule has 0 fully saturated rings. The monoisotopic (exact) mass is 265 g/mol. The first-order valence-corrected chi connectivity index (χ1v) is 7.09. The summed E-state index contributed by atoms with van der Waals surface area (Å²) >= 11 is 0. The molecule has 0 amide bonds. The Hall–Kier alpha value is -1.06. The summed E-state index contributed by atoms with van der Waals surface area (Å²) in [4.78, 5) is 2.10. The van der Waals surface area contributed by atoms with Crippen molar-refractivity contribution in [1.82, 2.24) is 4.90 Å². The third kappa shape index (κ3) is 4.22. The second kappa shape index (κ2) is 6.92. The molecule has 3 nitrogen and oxygen atoms in total. The molecule has 0 aromatic heterocycles. The first kappa shape index (κ1) is 16.0. The van der Waals surface area contributed by atoms with E-state index in [2.05, 4.69) is 11.8 Å². The fourth-order valence-corrected chi connectivity index (χ4v) is 2.69. The number of phenols is 1. The minimum absolute atomic E-state index is 0.0630. The Labute approximate surface area is 116 Å². The summed E-state index contributed by atoms with van der Waals surface area (Å²) < 4.78 is 0. The molecule has 1 aromatic rings. The van der Waals surface area contributed by atoms with Gasteiger partial charge in [0, 0.05) is 12.5 Å². The van der Waals surface area contributed by atoms with Crippen LogP contribution in [0.3, 0.4) is 0 Å². The van der Waals surface area contributed by atoms with E-state index in [-0.39, 0.29) is 11.7 Å². The lowest BCUT2D eigenvalue weighted by molar-refractivity contribution is -0.00810. The number of aromatic hydroxyl groups is 1. The van der Waals surface area contributed by atoms with Crippen LogP contribution in [0, 0.1) is 0 Å². The first-order chi connectivity index (χ1) is 8.92. The molecule has 108 valence electrons. The second-order valence-electron chi connectivity index (χ2n) is 5.61. The highest BCUT2D eigenvalue weighted by Crippen LogP contribution is 2.35. The van der Waals surface area contributed by atoms with Crippen LogP contribution in [0.1, 0.15) is 44.6 Å². The maximum absolute atomic E-state index is 11.0. The molecule has 0 spiro atoms. The Morgan fingerprint density at radius 3 is 2.16 bits per heavy atom. The van der Waals surface area contributed by atoms with Gasteiger partial charge in [0.2, 0.25) is 0 Å². The number of hydrogen-bond acceptors (Lipinski definition) is 3. The van der Waals surface area contributed by atoms with E-state index < -0.39 is 5.60 Å². The van der Waals surface area contributed by atoms with Crippen molar-refractivity contribution >= 4 is 0 Å². The maximum Gasteiger partial charge on any atom is 0.115 e. The summed E-state index contributed by atoms with van der Waals surface area (Å²) in [7, 11) is 4.05. The maximum atomic E-state index is 11.0. The molecule has 0 aliphatic rings. The fraction of sp³-hybridized carbons (Fsp3) is 0.625. The van der Waals surface area contributed by atoms with E-state index in [0.717, 1.165) is 31.4 Å². The molecule has 0 saturated heterocycles. The minimum atomic E-state index is -0.685. The fourth-order valence-electron chi connectivity index (χ4n) is 2.69. The molecule has 2 atom stereocenters. The summed E-state index contributed by atoms with van der Waals surface area (Å²) in [6.45, 7) is 4.94. The number of phenolic OH excluding ortho intramolecular Hbond substituents is 1. The van der Waals surface area contributed by atoms with Gasteiger partial charge in [0.15, 0.2) is 0 Å². The smallest absolute Gasteiger partial charge is 0.115 e. The highest BCUT2D eigenvalue weighted by atomic mass is 16.3. The van der Waals surface area contributed by atoms with E-state index in [1.54, 1.807) is 12.1 Å². The van der Waals surface area contributed by atoms with Crippen LogP contribution >= 0.6 is 0 Å². The van der Waals surface area contributed by atoms with Gasteiger partial charge in [-0.2, -0.15) is 0 Å². The predicted molar refractivity (Wildman–Crippen MR) is 79.6 cm³/mol. The van der Waals surface area contributed by atoms with Crippen molar-refractivity contribution in [2.45, 2.75) is 44.6 Å². The number of likely N-dealkylation sites (N-methyl/N-ethyl adjacent to an activating group) is 1. The van der Waals surface area contributed by atoms with Gasteiger partial charge in [-0.05, 0) is 44.6 Å². The van der Waals surface area contributed by atoms with Crippen LogP contribution < -0.4 is 0 Å². The third-order valence-electron chi connectivity index (χ3n) is 3.79. The standard InChI is InChI=1S/C16H27NO2/c1-5-11-16(19,6-2)15(12-17(3)4)13-7-9-14(18)10-8-13/h7-10,15,18-19H,5-6,11-12H2,1-4H3. The van der Waals surface area contributed by atoms with E-state index in [4.69, 9.17) is 0 Å². The van der Waals surface area contributed by atoms with Crippen LogP contribution in [0.15, 0.2) is 24.3 Å². The molecule has 0 heterocycles. The topological polar surface area (TPSA) is 43.7 Å². The van der Waals surface area contributed by atoms with E-state index in [9.17, 15) is 10.2 Å². The largest absolute Gasteiger partial charge is 0.508 e. The van der Waals surface area contributed by atoms with Crippen LogP contribution in [-0.4, -0.2) is 41.4 Å². The van der Waals surface area contributed by atoms with Gasteiger partial charge in [0.05, 0.1) is 5.60 Å². The van der Waals surface area contributed by atoms with Gasteiger partial charge < -0.3 is 15.1 Å². The molecule has 1 aromatic carbocycles. The summed E-state index contributed by atoms with van der Waals surface area (Å²) in [5.41, 5.74) is 0.403. The summed E-state index contributed by atoms with van der Waals surface area (Å²) in [5, 5.41) is 20.4. The van der Waals surface area contributed by atoms with Gasteiger partial charge in [0.25, 0.3) is 0 Å². The minimum Gasteiger partial charge on any atom is -0.508 e. The van der Waals surface area contributed by atoms with E-state index in [1.165, 1.54) is 0 Å². The van der Waals surface area contributed by atoms with Crippen molar-refractivity contribution in [2.24, 2.45) is 0 Å². The molecule has 2 N–H and O–H groups in total. The van der Waals surface area contributed by atoms with Crippen molar-refractivity contribution < 1.29 is 10.2 Å². The normalized spacial score (nSPS) is 16.3. The molecule has 2 unspecified atom stereocenters. The molecule has 0 saturated carbocycles. The zero-order chi connectivity index (χ0) is 14.5. The Balaban J connectivity index is 3.08. The van der Waals surface area contributed by atoms with E-state index in [0.29, 0.717) is 0 Å². The second-order valence-corrected chi connectivity index (χ2v) is 5.61. The van der Waals surface area contributed by atoms with Gasteiger partial charge in [-0.3, -0.25) is 0 Å². The molecule has 0 radical (unpaired) electrons. The average molecular weight is 265 g/mol. The molecule has 0 aliphatic carbocycles. The Kier molecular flexibility index (Phi) is 5.83. The zero-order valence-electron chi connectivity index (χ0n) is 12.6. The lowest BCUT2D eigenvalue weighted by Gasteiger charge is -2.37. The van der Waals surface area contributed by atoms with Crippen molar-refractivity contribution in [1.29, 1.82) is 0 Å². The zero-order valence-corrected chi connectivity index (χ0v) is 12.6. The third-order valence-corrected chi connectivity index (χ3v) is 3.79. The van der Waals surface area contributed by atoms with Crippen molar-refractivity contribution in [3.05, 3.63) is 29.8 Å². The molecule has 1 rings (SSSR count). The molecular weight excluding hydrogens is 238 g/mol. The van der Waals surface area contributed by atoms with Crippen LogP contribution in [0.2, 0.25) is 0 Å². The lowest BCUT2D eigenvalue weighted by atomic mass is 9.77. The SMILES string of the molecule is CCCC(O)(CC)C(CN(C)C)c1ccc(O)cc1. The predicted octanol–water partition coefficient (Wildman–Crippen LogP) is 2.98. The van der Waals surface area contributed by atoms with Crippen LogP contribution in [0.4, 0.5) is 0 Å². The highest BCUT2D eigenvalue weighted by molar-refractivity contribution is 5.30. The Bertz CT molecular complexity index is 375. The van der Waals surface area contributed by atoms with E-state index in [1.807, 2.05) is 33.2 Å². The number of aliphatic hydroxyl groups is 1. The van der Waals surface area contributed by atoms with E-state index >= 15 is 0 Å². The average Bonchev–Trinajstić information content (AvgIpc) is 2.37. The van der Waals surface area contributed by atoms with Crippen LogP contribution in [0.25, 0.3) is 0 Å². The number of rotatable bonds is 7. The Morgan fingerprint density at radius 1 is 1.16 bits per heavy atom. The number of hydrogen-bond donors (Lipinski definition) is 2. The number of nitrogens with zero attached hydrogens (tertiary/aromatic N) is 1. The number of benzene rings is 1. The summed E-state index contributed by atoms with van der Waals surface area (Å²) in [5.74, 6) is 0.330. The van der Waals surface area contributed by atoms with Crippen molar-refractivity contribution in [2.75, 3.05) is 20.6 Å². The first-order valence-electron chi connectivity index (χ1n) is 7.09. The van der Waals surface area contributed by atoms with Gasteiger partial charge in [-0.1, -0.05) is 32.4 Å². The van der Waals surface area contributed by atoms with Gasteiger partial charge in [-0.25, -0.2) is 0 Å². The van der Waals surface area contributed by atoms with Crippen molar-refractivity contribution in [3.8, 4) is 5.75 Å². The molecular formula is C16H27NO2. The lowest BCUT2D eigenvalue weighted by Crippen LogP contribution is -2.40. The highest BCUT2D eigenvalue weighted by Gasteiger charge is 2.35. The van der Waals surface area contributed by atoms with Gasteiger partial charge in [0.1, 0.15) is 5.75 Å². The molecule has 19 heavy (non-hydrogen) atoms. The summed E-state index contributed by atoms with van der Waals surface area (Å²) in [6, 6.07) is 7.22. The van der Waals surface area contributed by atoms with Crippen LogP contribution in [0.5, 0.6) is 5.75 Å². The van der Waals surface area contributed by atoms with Gasteiger partial charge in [-0.15, -0.1) is 0 Å². The van der Waals surface area contributed by atoms with Crippen molar-refractivity contribution in [3.63, 3.8) is 0 Å². The molecule has 3 heteroatoms. The Morgan fingerprint density at radius 2 is 1.74 bits per heavy atom.